The van der Waals surface area contributed by atoms with E-state index in [2.05, 4.69) is 0 Å². The van der Waals surface area contributed by atoms with Gasteiger partial charge < -0.3 is 4.74 Å². The highest BCUT2D eigenvalue weighted by molar-refractivity contribution is 6.13. The van der Waals surface area contributed by atoms with Crippen LogP contribution in [0, 0.1) is 11.6 Å². The van der Waals surface area contributed by atoms with Gasteiger partial charge in [0.2, 0.25) is 0 Å². The van der Waals surface area contributed by atoms with Crippen LogP contribution in [-0.2, 0) is 9.53 Å². The largest absolute Gasteiger partial charge is 0.447 e. The Kier molecular flexibility index (Phi) is 5.34. The molecule has 0 aliphatic carbocycles. The summed E-state index contributed by atoms with van der Waals surface area (Å²) in [6, 6.07) is 19.8. The van der Waals surface area contributed by atoms with Gasteiger partial charge in [0.05, 0.1) is 23.9 Å². The second kappa shape index (κ2) is 8.46. The lowest BCUT2D eigenvalue weighted by atomic mass is 9.84. The summed E-state index contributed by atoms with van der Waals surface area (Å²) in [5.41, 5.74) is 2.42. The Morgan fingerprint density at radius 1 is 0.909 bits per heavy atom. The third-order valence-electron chi connectivity index (χ3n) is 5.76. The Morgan fingerprint density at radius 2 is 1.55 bits per heavy atom. The van der Waals surface area contributed by atoms with Crippen LogP contribution in [-0.4, -0.2) is 41.8 Å². The van der Waals surface area contributed by atoms with Gasteiger partial charge in [-0.15, -0.1) is 0 Å². The number of halogens is 2. The van der Waals surface area contributed by atoms with Crippen LogP contribution in [0.3, 0.4) is 0 Å². The highest BCUT2D eigenvalue weighted by Gasteiger charge is 2.48. The maximum absolute atomic E-state index is 13.7. The van der Waals surface area contributed by atoms with Gasteiger partial charge in [-0.25, -0.2) is 18.5 Å². The zero-order valence-electron chi connectivity index (χ0n) is 17.4. The van der Waals surface area contributed by atoms with Crippen LogP contribution < -0.4 is 5.01 Å². The van der Waals surface area contributed by atoms with E-state index in [9.17, 15) is 18.4 Å². The fourth-order valence-electron chi connectivity index (χ4n) is 4.20. The molecular weight excluding hydrogens is 428 g/mol. The Bertz CT molecular complexity index is 1210. The van der Waals surface area contributed by atoms with Crippen molar-refractivity contribution in [2.75, 3.05) is 18.2 Å². The first kappa shape index (κ1) is 20.8. The van der Waals surface area contributed by atoms with Crippen molar-refractivity contribution < 1.29 is 23.1 Å². The van der Waals surface area contributed by atoms with Gasteiger partial charge in [-0.1, -0.05) is 42.5 Å². The van der Waals surface area contributed by atoms with Gasteiger partial charge in [0.15, 0.2) is 0 Å². The first-order valence-corrected chi connectivity index (χ1v) is 10.5. The number of benzene rings is 3. The molecule has 2 aliphatic heterocycles. The normalized spacial score (nSPS) is 20.1. The number of hydrogen-bond donors (Lipinski definition) is 0. The number of hydrazone groups is 1. The summed E-state index contributed by atoms with van der Waals surface area (Å²) in [6.45, 7) is 0.258. The van der Waals surface area contributed by atoms with E-state index in [0.717, 1.165) is 4.90 Å². The van der Waals surface area contributed by atoms with Crippen LogP contribution in [0.2, 0.25) is 0 Å². The summed E-state index contributed by atoms with van der Waals surface area (Å²) in [6.07, 6.45) is -0.707. The molecule has 1 fully saturated rings. The summed E-state index contributed by atoms with van der Waals surface area (Å²) < 4.78 is 32.3. The standard InChI is InChI=1S/C25H19F2N3O3/c26-18-10-6-16(7-11-18)21-22(17-8-12-19(27)13-9-17)28-30(20-4-2-1-3-5-20)23(21)24(31)29-14-15-33-25(29)32/h1-13,21,23H,14-15H2/t21-,23-/m0/s1. The number of cyclic esters (lactones) is 1. The number of imide groups is 1. The van der Waals surface area contributed by atoms with Crippen molar-refractivity contribution >= 4 is 23.4 Å². The molecule has 0 saturated carbocycles. The van der Waals surface area contributed by atoms with Crippen molar-refractivity contribution in [3.05, 3.63) is 102 Å². The van der Waals surface area contributed by atoms with E-state index in [1.807, 2.05) is 18.2 Å². The fourth-order valence-corrected chi connectivity index (χ4v) is 4.20. The second-order valence-electron chi connectivity index (χ2n) is 7.75. The van der Waals surface area contributed by atoms with Crippen LogP contribution in [0.25, 0.3) is 0 Å². The number of rotatable bonds is 4. The minimum absolute atomic E-state index is 0.121. The molecule has 0 N–H and O–H groups in total. The predicted octanol–water partition coefficient (Wildman–Crippen LogP) is 4.32. The summed E-state index contributed by atoms with van der Waals surface area (Å²) in [4.78, 5) is 27.0. The molecule has 33 heavy (non-hydrogen) atoms. The Balaban J connectivity index is 1.67. The van der Waals surface area contributed by atoms with Crippen molar-refractivity contribution in [3.8, 4) is 0 Å². The van der Waals surface area contributed by atoms with Crippen LogP contribution >= 0.6 is 0 Å². The van der Waals surface area contributed by atoms with Gasteiger partial charge in [-0.2, -0.15) is 5.10 Å². The molecule has 6 nitrogen and oxygen atoms in total. The maximum Gasteiger partial charge on any atom is 0.416 e. The monoisotopic (exact) mass is 447 g/mol. The molecular formula is C25H19F2N3O3. The topological polar surface area (TPSA) is 62.2 Å². The first-order chi connectivity index (χ1) is 16.0. The average molecular weight is 447 g/mol. The molecule has 2 heterocycles. The van der Waals surface area contributed by atoms with Crippen LogP contribution in [0.15, 0.2) is 84.0 Å². The molecule has 0 unspecified atom stereocenters. The van der Waals surface area contributed by atoms with E-state index in [1.165, 1.54) is 24.3 Å². The Labute approximate surface area is 188 Å². The van der Waals surface area contributed by atoms with Gasteiger partial charge in [0.1, 0.15) is 24.3 Å². The number of nitrogens with zero attached hydrogens (tertiary/aromatic N) is 3. The summed E-state index contributed by atoms with van der Waals surface area (Å²) in [5.74, 6) is -1.93. The minimum atomic E-state index is -0.927. The highest BCUT2D eigenvalue weighted by Crippen LogP contribution is 2.38. The van der Waals surface area contributed by atoms with Crippen LogP contribution in [0.5, 0.6) is 0 Å². The van der Waals surface area contributed by atoms with Crippen molar-refractivity contribution in [1.82, 2.24) is 4.90 Å². The van der Waals surface area contributed by atoms with E-state index in [-0.39, 0.29) is 13.2 Å². The number of carbonyl (C=O) groups is 2. The predicted molar refractivity (Wildman–Crippen MR) is 118 cm³/mol. The molecule has 3 aromatic carbocycles. The van der Waals surface area contributed by atoms with Gasteiger partial charge in [0.25, 0.3) is 5.91 Å². The van der Waals surface area contributed by atoms with Gasteiger partial charge in [-0.3, -0.25) is 9.80 Å². The van der Waals surface area contributed by atoms with Gasteiger partial charge in [-0.05, 0) is 47.5 Å². The van der Waals surface area contributed by atoms with E-state index >= 15 is 0 Å². The molecule has 2 aliphatic rings. The summed E-state index contributed by atoms with van der Waals surface area (Å²) >= 11 is 0. The van der Waals surface area contributed by atoms with E-state index < -0.39 is 35.6 Å². The molecule has 0 spiro atoms. The first-order valence-electron chi connectivity index (χ1n) is 10.5. The van der Waals surface area contributed by atoms with Crippen molar-refractivity contribution in [3.63, 3.8) is 0 Å². The third kappa shape index (κ3) is 3.84. The SMILES string of the molecule is O=C1OCCN1C(=O)[C@@H]1[C@@H](c2ccc(F)cc2)C(c2ccc(F)cc2)=NN1c1ccccc1. The van der Waals surface area contributed by atoms with Crippen molar-refractivity contribution in [2.45, 2.75) is 12.0 Å². The zero-order chi connectivity index (χ0) is 22.9. The number of hydrogen-bond acceptors (Lipinski definition) is 5. The van der Waals surface area contributed by atoms with E-state index in [4.69, 9.17) is 9.84 Å². The zero-order valence-corrected chi connectivity index (χ0v) is 17.4. The lowest BCUT2D eigenvalue weighted by molar-refractivity contribution is -0.129. The molecule has 2 amide bonds. The molecule has 166 valence electrons. The minimum Gasteiger partial charge on any atom is -0.447 e. The lowest BCUT2D eigenvalue weighted by Gasteiger charge is -2.29. The number of para-hydroxylation sites is 1. The number of carbonyl (C=O) groups excluding carboxylic acids is 2. The number of amides is 2. The van der Waals surface area contributed by atoms with E-state index in [0.29, 0.717) is 22.5 Å². The maximum atomic E-state index is 13.7. The molecule has 0 radical (unpaired) electrons. The molecule has 0 bridgehead atoms. The molecule has 0 aromatic heterocycles. The second-order valence-corrected chi connectivity index (χ2v) is 7.75. The Hall–Kier alpha value is -4.07. The highest BCUT2D eigenvalue weighted by atomic mass is 19.1. The number of ether oxygens (including phenoxy) is 1. The summed E-state index contributed by atoms with van der Waals surface area (Å²) in [7, 11) is 0. The fraction of sp³-hybridized carbons (Fsp3) is 0.160. The van der Waals surface area contributed by atoms with E-state index in [1.54, 1.807) is 41.4 Å². The molecule has 3 aromatic rings. The van der Waals surface area contributed by atoms with Gasteiger partial charge in [0, 0.05) is 0 Å². The number of anilines is 1. The molecule has 2 atom stereocenters. The lowest BCUT2D eigenvalue weighted by Crippen LogP contribution is -2.48. The summed E-state index contributed by atoms with van der Waals surface area (Å²) in [5, 5.41) is 6.34. The smallest absolute Gasteiger partial charge is 0.416 e. The Morgan fingerprint density at radius 3 is 2.15 bits per heavy atom. The van der Waals surface area contributed by atoms with Crippen molar-refractivity contribution in [2.24, 2.45) is 5.10 Å². The molecule has 8 heteroatoms. The quantitative estimate of drug-likeness (QED) is 0.598. The average Bonchev–Trinajstić information content (AvgIpc) is 3.44. The van der Waals surface area contributed by atoms with Crippen molar-refractivity contribution in [1.29, 1.82) is 0 Å². The van der Waals surface area contributed by atoms with Crippen LogP contribution in [0.4, 0.5) is 19.3 Å². The third-order valence-corrected chi connectivity index (χ3v) is 5.76. The molecule has 5 rings (SSSR count). The van der Waals surface area contributed by atoms with Gasteiger partial charge >= 0.3 is 6.09 Å². The van der Waals surface area contributed by atoms with Crippen LogP contribution in [0.1, 0.15) is 17.0 Å². The molecule has 1 saturated heterocycles.